The summed E-state index contributed by atoms with van der Waals surface area (Å²) in [6.45, 7) is 11.3. The summed E-state index contributed by atoms with van der Waals surface area (Å²) in [5, 5.41) is 0. The minimum Gasteiger partial charge on any atom is -0.423 e. The Hall–Kier alpha value is -5.62. The predicted octanol–water partition coefficient (Wildman–Crippen LogP) is 8.80. The zero-order valence-corrected chi connectivity index (χ0v) is 27.4. The van der Waals surface area contributed by atoms with E-state index >= 15 is 0 Å². The van der Waals surface area contributed by atoms with Crippen molar-refractivity contribution < 1.29 is 19.1 Å². The minimum absolute atomic E-state index is 0.144. The largest absolute Gasteiger partial charge is 0.423 e. The zero-order valence-electron chi connectivity index (χ0n) is 27.4. The normalized spacial score (nSPS) is 13.7. The highest BCUT2D eigenvalue weighted by Crippen LogP contribution is 2.32. The van der Waals surface area contributed by atoms with Crippen LogP contribution < -0.4 is 19.3 Å². The lowest BCUT2D eigenvalue weighted by atomic mass is 9.95. The summed E-state index contributed by atoms with van der Waals surface area (Å²) in [5.41, 5.74) is 8.51. The second kappa shape index (κ2) is 14.6. The first-order chi connectivity index (χ1) is 22.6. The molecule has 238 valence electrons. The second-order valence-corrected chi connectivity index (χ2v) is 11.9. The van der Waals surface area contributed by atoms with Gasteiger partial charge in [-0.1, -0.05) is 79.9 Å². The second-order valence-electron chi connectivity index (χ2n) is 11.9. The van der Waals surface area contributed by atoms with E-state index < -0.39 is 11.9 Å². The van der Waals surface area contributed by atoms with Crippen LogP contribution in [0.1, 0.15) is 31.4 Å². The van der Waals surface area contributed by atoms with Gasteiger partial charge in [-0.15, -0.1) is 0 Å². The first-order valence-corrected chi connectivity index (χ1v) is 15.5. The molecule has 6 heteroatoms. The number of esters is 2. The molecule has 1 atom stereocenters. The van der Waals surface area contributed by atoms with Crippen LogP contribution in [-0.4, -0.2) is 32.1 Å². The average molecular weight is 625 g/mol. The van der Waals surface area contributed by atoms with Crippen LogP contribution in [0.3, 0.4) is 0 Å². The van der Waals surface area contributed by atoms with Crippen LogP contribution in [0, 0.1) is 0 Å². The molecule has 4 aromatic rings. The minimum atomic E-state index is -0.434. The zero-order chi connectivity index (χ0) is 33.5. The molecule has 4 aromatic carbocycles. The number of allylic oxidation sites excluding steroid dienone is 2. The first kappa shape index (κ1) is 32.8. The van der Waals surface area contributed by atoms with E-state index in [2.05, 4.69) is 104 Å². The molecule has 1 unspecified atom stereocenters. The predicted molar refractivity (Wildman–Crippen MR) is 192 cm³/mol. The van der Waals surface area contributed by atoms with Gasteiger partial charge in [0.25, 0.3) is 0 Å². The summed E-state index contributed by atoms with van der Waals surface area (Å²) in [5.74, 6) is 0.123. The smallest absolute Gasteiger partial charge is 0.338 e. The van der Waals surface area contributed by atoms with Gasteiger partial charge < -0.3 is 19.3 Å². The number of hydrogen-bond donors (Lipinski definition) is 0. The van der Waals surface area contributed by atoms with Gasteiger partial charge in [0.2, 0.25) is 0 Å². The number of hydrogen-bond acceptors (Lipinski definition) is 6. The summed E-state index contributed by atoms with van der Waals surface area (Å²) in [6, 6.07) is 32.4. The summed E-state index contributed by atoms with van der Waals surface area (Å²) < 4.78 is 10.7. The standard InChI is InChI=1S/C41H40N2O4/c1-28(2)40(44)46-38-22-14-33(15-23-38)31-10-18-35(19-11-31)43(27-30-8-7-9-37(26-30)42(5)6)36-20-12-32(13-21-36)34-16-24-39(25-17-34)47-41(45)29(3)4/h7-20,22-26,36H,1,3,21,27H2,2,4-6H3. The van der Waals surface area contributed by atoms with Crippen molar-refractivity contribution >= 4 is 28.9 Å². The molecule has 1 aliphatic rings. The van der Waals surface area contributed by atoms with Crippen molar-refractivity contribution in [3.8, 4) is 22.6 Å². The van der Waals surface area contributed by atoms with E-state index in [4.69, 9.17) is 9.47 Å². The molecular formula is C41H40N2O4. The third-order valence-electron chi connectivity index (χ3n) is 7.95. The van der Waals surface area contributed by atoms with E-state index in [0.717, 1.165) is 46.6 Å². The van der Waals surface area contributed by atoms with Crippen LogP contribution in [-0.2, 0) is 16.1 Å². The molecule has 0 bridgehead atoms. The Morgan fingerprint density at radius 3 is 1.74 bits per heavy atom. The van der Waals surface area contributed by atoms with Crippen molar-refractivity contribution in [1.29, 1.82) is 0 Å². The maximum atomic E-state index is 11.9. The molecule has 0 heterocycles. The molecule has 0 saturated carbocycles. The summed E-state index contributed by atoms with van der Waals surface area (Å²) in [7, 11) is 4.11. The molecule has 0 fully saturated rings. The van der Waals surface area contributed by atoms with Gasteiger partial charge in [-0.05, 0) is 96.6 Å². The van der Waals surface area contributed by atoms with Crippen molar-refractivity contribution in [2.24, 2.45) is 0 Å². The maximum absolute atomic E-state index is 11.9. The van der Waals surface area contributed by atoms with Crippen LogP contribution in [0.15, 0.2) is 140 Å². The molecule has 0 amide bonds. The van der Waals surface area contributed by atoms with Gasteiger partial charge in [0.15, 0.2) is 0 Å². The molecule has 1 aliphatic carbocycles. The Morgan fingerprint density at radius 1 is 0.723 bits per heavy atom. The molecule has 0 saturated heterocycles. The lowest BCUT2D eigenvalue weighted by Crippen LogP contribution is -2.34. The van der Waals surface area contributed by atoms with E-state index in [0.29, 0.717) is 22.6 Å². The van der Waals surface area contributed by atoms with Gasteiger partial charge in [0.05, 0.1) is 6.04 Å². The average Bonchev–Trinajstić information content (AvgIpc) is 3.08. The Bertz CT molecular complexity index is 1830. The highest BCUT2D eigenvalue weighted by molar-refractivity contribution is 5.89. The molecule has 0 radical (unpaired) electrons. The summed E-state index contributed by atoms with van der Waals surface area (Å²) >= 11 is 0. The van der Waals surface area contributed by atoms with Crippen LogP contribution in [0.5, 0.6) is 11.5 Å². The fourth-order valence-corrected chi connectivity index (χ4v) is 5.25. The van der Waals surface area contributed by atoms with Gasteiger partial charge in [-0.3, -0.25) is 0 Å². The maximum Gasteiger partial charge on any atom is 0.338 e. The number of anilines is 2. The van der Waals surface area contributed by atoms with Crippen molar-refractivity contribution in [3.63, 3.8) is 0 Å². The quantitative estimate of drug-likeness (QED) is 0.0945. The number of carbonyl (C=O) groups is 2. The molecular weight excluding hydrogens is 584 g/mol. The lowest BCUT2D eigenvalue weighted by molar-refractivity contribution is -0.130. The Kier molecular flexibility index (Phi) is 10.2. The number of carbonyl (C=O) groups excluding carboxylic acids is 2. The third kappa shape index (κ3) is 8.35. The molecule has 0 aliphatic heterocycles. The highest BCUT2D eigenvalue weighted by Gasteiger charge is 2.20. The number of nitrogens with zero attached hydrogens (tertiary/aromatic N) is 2. The Labute approximate surface area is 277 Å². The van der Waals surface area contributed by atoms with Gasteiger partial charge in [-0.2, -0.15) is 0 Å². The number of benzene rings is 4. The third-order valence-corrected chi connectivity index (χ3v) is 7.95. The van der Waals surface area contributed by atoms with Crippen molar-refractivity contribution in [3.05, 3.63) is 151 Å². The Morgan fingerprint density at radius 2 is 1.26 bits per heavy atom. The molecule has 0 N–H and O–H groups in total. The Balaban J connectivity index is 1.36. The van der Waals surface area contributed by atoms with Crippen molar-refractivity contribution in [2.45, 2.75) is 32.9 Å². The molecule has 47 heavy (non-hydrogen) atoms. The van der Waals surface area contributed by atoms with Gasteiger partial charge in [0, 0.05) is 43.2 Å². The van der Waals surface area contributed by atoms with E-state index in [1.807, 2.05) is 36.4 Å². The highest BCUT2D eigenvalue weighted by atomic mass is 16.5. The number of rotatable bonds is 11. The SMILES string of the molecule is C=C(C)C(=O)Oc1ccc(C2=CCC(N(Cc3cccc(N(C)C)c3)c3ccc(-c4ccc(OC(=O)C(=C)C)cc4)cc3)C=C2)cc1. The van der Waals surface area contributed by atoms with E-state index in [1.165, 1.54) is 5.56 Å². The van der Waals surface area contributed by atoms with Crippen LogP contribution in [0.25, 0.3) is 16.7 Å². The molecule has 6 nitrogen and oxygen atoms in total. The van der Waals surface area contributed by atoms with Crippen molar-refractivity contribution in [1.82, 2.24) is 0 Å². The lowest BCUT2D eigenvalue weighted by Gasteiger charge is -2.33. The van der Waals surface area contributed by atoms with E-state index in [1.54, 1.807) is 26.0 Å². The molecule has 0 spiro atoms. The van der Waals surface area contributed by atoms with E-state index in [9.17, 15) is 9.59 Å². The number of ether oxygens (including phenoxy) is 2. The molecule has 0 aromatic heterocycles. The van der Waals surface area contributed by atoms with Crippen LogP contribution in [0.4, 0.5) is 11.4 Å². The van der Waals surface area contributed by atoms with E-state index in [-0.39, 0.29) is 6.04 Å². The van der Waals surface area contributed by atoms with Gasteiger partial charge in [-0.25, -0.2) is 9.59 Å². The fourth-order valence-electron chi connectivity index (χ4n) is 5.25. The van der Waals surface area contributed by atoms with Gasteiger partial charge >= 0.3 is 11.9 Å². The first-order valence-electron chi connectivity index (χ1n) is 15.5. The topological polar surface area (TPSA) is 59.1 Å². The monoisotopic (exact) mass is 624 g/mol. The summed E-state index contributed by atoms with van der Waals surface area (Å²) in [4.78, 5) is 28.3. The van der Waals surface area contributed by atoms with Crippen molar-refractivity contribution in [2.75, 3.05) is 23.9 Å². The summed E-state index contributed by atoms with van der Waals surface area (Å²) in [6.07, 6.45) is 7.53. The van der Waals surface area contributed by atoms with Gasteiger partial charge in [0.1, 0.15) is 11.5 Å². The van der Waals surface area contributed by atoms with Crippen LogP contribution in [0.2, 0.25) is 0 Å². The van der Waals surface area contributed by atoms with Crippen LogP contribution >= 0.6 is 0 Å². The molecule has 5 rings (SSSR count). The fraction of sp³-hybridized carbons (Fsp3) is 0.171.